The highest BCUT2D eigenvalue weighted by Gasteiger charge is 2.15. The van der Waals surface area contributed by atoms with Crippen molar-refractivity contribution in [3.05, 3.63) is 40.3 Å². The zero-order valence-electron chi connectivity index (χ0n) is 11.2. The van der Waals surface area contributed by atoms with Crippen LogP contribution in [0.25, 0.3) is 10.9 Å². The number of nitrogen functional groups attached to an aromatic ring is 2. The topological polar surface area (TPSA) is 133 Å². The maximum atomic E-state index is 12.2. The second-order valence-corrected chi connectivity index (χ2v) is 5.35. The van der Waals surface area contributed by atoms with E-state index in [0.29, 0.717) is 5.56 Å². The fourth-order valence-electron chi connectivity index (χ4n) is 1.99. The molecule has 0 spiro atoms. The molecule has 22 heavy (non-hydrogen) atoms. The lowest BCUT2D eigenvalue weighted by Crippen LogP contribution is -2.11. The molecule has 0 bridgehead atoms. The number of hydrogen-bond donors (Lipinski definition) is 3. The minimum Gasteiger partial charge on any atom is -0.454 e. The third-order valence-electron chi connectivity index (χ3n) is 2.91. The maximum Gasteiger partial charge on any atom is 0.340 e. The van der Waals surface area contributed by atoms with E-state index in [1.54, 1.807) is 6.20 Å². The van der Waals surface area contributed by atoms with Gasteiger partial charge in [0.25, 0.3) is 0 Å². The molecule has 0 saturated carbocycles. The number of nitrogens with one attached hydrogen (secondary N) is 1. The van der Waals surface area contributed by atoms with Crippen LogP contribution in [-0.4, -0.2) is 25.9 Å². The molecule has 2 heterocycles. The van der Waals surface area contributed by atoms with Crippen LogP contribution in [0.3, 0.4) is 0 Å². The molecular formula is C13H11BrN6O2. The summed E-state index contributed by atoms with van der Waals surface area (Å²) in [6.45, 7) is -0.142. The molecular weight excluding hydrogens is 352 g/mol. The highest BCUT2D eigenvalue weighted by molar-refractivity contribution is 9.10. The number of benzene rings is 1. The van der Waals surface area contributed by atoms with Crippen LogP contribution in [0.5, 0.6) is 0 Å². The molecule has 3 rings (SSSR count). The first-order valence-electron chi connectivity index (χ1n) is 6.22. The monoisotopic (exact) mass is 362 g/mol. The lowest BCUT2D eigenvalue weighted by atomic mass is 10.2. The lowest BCUT2D eigenvalue weighted by molar-refractivity contribution is 0.0464. The van der Waals surface area contributed by atoms with E-state index < -0.39 is 5.97 Å². The molecule has 0 aliphatic carbocycles. The number of hydrogen-bond acceptors (Lipinski definition) is 7. The van der Waals surface area contributed by atoms with Crippen molar-refractivity contribution in [1.29, 1.82) is 0 Å². The third kappa shape index (κ3) is 2.84. The first-order valence-corrected chi connectivity index (χ1v) is 7.02. The molecule has 0 atom stereocenters. The Bertz CT molecular complexity index is 843. The molecule has 0 aliphatic heterocycles. The molecule has 3 aromatic rings. The van der Waals surface area contributed by atoms with Crippen LogP contribution in [0.15, 0.2) is 28.9 Å². The Kier molecular flexibility index (Phi) is 3.63. The Labute approximate surface area is 133 Å². The average Bonchev–Trinajstić information content (AvgIpc) is 2.86. The van der Waals surface area contributed by atoms with Gasteiger partial charge in [0.15, 0.2) is 12.4 Å². The molecule has 0 amide bonds. The van der Waals surface area contributed by atoms with Gasteiger partial charge in [0.2, 0.25) is 11.9 Å². The SMILES string of the molecule is Nc1nc(N)nc(COC(=O)c2c[nH]c3ccc(Br)cc23)n1. The largest absolute Gasteiger partial charge is 0.454 e. The maximum absolute atomic E-state index is 12.2. The van der Waals surface area contributed by atoms with Crippen LogP contribution in [-0.2, 0) is 11.3 Å². The second kappa shape index (κ2) is 5.60. The van der Waals surface area contributed by atoms with E-state index in [4.69, 9.17) is 16.2 Å². The minimum atomic E-state index is -0.498. The Morgan fingerprint density at radius 3 is 2.68 bits per heavy atom. The number of carbonyl (C=O) groups excluding carboxylic acids is 1. The second-order valence-electron chi connectivity index (χ2n) is 4.44. The van der Waals surface area contributed by atoms with Crippen molar-refractivity contribution in [2.75, 3.05) is 11.5 Å². The van der Waals surface area contributed by atoms with Gasteiger partial charge in [-0.2, -0.15) is 15.0 Å². The number of nitrogens with zero attached hydrogens (tertiary/aromatic N) is 3. The van der Waals surface area contributed by atoms with Gasteiger partial charge in [-0.3, -0.25) is 0 Å². The van der Waals surface area contributed by atoms with Gasteiger partial charge in [0.1, 0.15) is 0 Å². The first kappa shape index (κ1) is 14.3. The van der Waals surface area contributed by atoms with Crippen LogP contribution >= 0.6 is 15.9 Å². The summed E-state index contributed by atoms with van der Waals surface area (Å²) in [5.41, 5.74) is 12.2. The predicted molar refractivity (Wildman–Crippen MR) is 83.8 cm³/mol. The normalized spacial score (nSPS) is 10.8. The number of esters is 1. The number of halogens is 1. The molecule has 9 heteroatoms. The predicted octanol–water partition coefficient (Wildman–Crippen LogP) is 1.64. The Morgan fingerprint density at radius 2 is 1.95 bits per heavy atom. The quantitative estimate of drug-likeness (QED) is 0.603. The molecule has 8 nitrogen and oxygen atoms in total. The molecule has 112 valence electrons. The van der Waals surface area contributed by atoms with E-state index in [0.717, 1.165) is 15.4 Å². The highest BCUT2D eigenvalue weighted by atomic mass is 79.9. The molecule has 0 saturated heterocycles. The molecule has 1 aromatic carbocycles. The summed E-state index contributed by atoms with van der Waals surface area (Å²) in [5.74, 6) is -0.342. The summed E-state index contributed by atoms with van der Waals surface area (Å²) in [6.07, 6.45) is 1.59. The lowest BCUT2D eigenvalue weighted by Gasteiger charge is -2.04. The van der Waals surface area contributed by atoms with Gasteiger partial charge in [0.05, 0.1) is 5.56 Å². The summed E-state index contributed by atoms with van der Waals surface area (Å²) < 4.78 is 6.06. The Balaban J connectivity index is 1.80. The number of carbonyl (C=O) groups is 1. The van der Waals surface area contributed by atoms with Crippen molar-refractivity contribution in [2.45, 2.75) is 6.61 Å². The number of rotatable bonds is 3. The average molecular weight is 363 g/mol. The van der Waals surface area contributed by atoms with Gasteiger partial charge in [-0.05, 0) is 18.2 Å². The number of aromatic nitrogens is 4. The number of nitrogens with two attached hydrogens (primary N) is 2. The van der Waals surface area contributed by atoms with E-state index in [2.05, 4.69) is 35.9 Å². The first-order chi connectivity index (χ1) is 10.5. The van der Waals surface area contributed by atoms with Crippen molar-refractivity contribution < 1.29 is 9.53 Å². The van der Waals surface area contributed by atoms with Crippen LogP contribution in [0, 0.1) is 0 Å². The van der Waals surface area contributed by atoms with Crippen LogP contribution in [0.1, 0.15) is 16.2 Å². The van der Waals surface area contributed by atoms with Crippen LogP contribution in [0.4, 0.5) is 11.9 Å². The smallest absolute Gasteiger partial charge is 0.340 e. The van der Waals surface area contributed by atoms with Crippen molar-refractivity contribution in [3.63, 3.8) is 0 Å². The summed E-state index contributed by atoms with van der Waals surface area (Å²) in [5, 5.41) is 0.758. The zero-order valence-corrected chi connectivity index (χ0v) is 12.8. The molecule has 2 aromatic heterocycles. The standard InChI is InChI=1S/C13H11BrN6O2/c14-6-1-2-9-7(3-6)8(4-17-9)11(21)22-5-10-18-12(15)20-13(16)19-10/h1-4,17H,5H2,(H4,15,16,18,19,20). The molecule has 0 radical (unpaired) electrons. The Hall–Kier alpha value is -2.68. The number of aromatic amines is 1. The van der Waals surface area contributed by atoms with Gasteiger partial charge < -0.3 is 21.2 Å². The molecule has 5 N–H and O–H groups in total. The number of fused-ring (bicyclic) bond motifs is 1. The highest BCUT2D eigenvalue weighted by Crippen LogP contribution is 2.23. The number of H-pyrrole nitrogens is 1. The van der Waals surface area contributed by atoms with Gasteiger partial charge in [-0.25, -0.2) is 4.79 Å². The third-order valence-corrected chi connectivity index (χ3v) is 3.41. The van der Waals surface area contributed by atoms with Crippen LogP contribution < -0.4 is 11.5 Å². The van der Waals surface area contributed by atoms with E-state index in [1.165, 1.54) is 0 Å². The summed E-state index contributed by atoms with van der Waals surface area (Å²) >= 11 is 3.37. The van der Waals surface area contributed by atoms with E-state index in [-0.39, 0.29) is 24.3 Å². The van der Waals surface area contributed by atoms with Crippen molar-refractivity contribution in [1.82, 2.24) is 19.9 Å². The molecule has 0 unspecified atom stereocenters. The minimum absolute atomic E-state index is 0.0189. The van der Waals surface area contributed by atoms with Gasteiger partial charge in [-0.15, -0.1) is 0 Å². The van der Waals surface area contributed by atoms with Crippen molar-refractivity contribution in [2.24, 2.45) is 0 Å². The fraction of sp³-hybridized carbons (Fsp3) is 0.0769. The summed E-state index contributed by atoms with van der Waals surface area (Å²) in [7, 11) is 0. The van der Waals surface area contributed by atoms with E-state index >= 15 is 0 Å². The summed E-state index contributed by atoms with van der Waals surface area (Å²) in [6, 6.07) is 5.58. The molecule has 0 fully saturated rings. The van der Waals surface area contributed by atoms with Crippen molar-refractivity contribution >= 4 is 44.7 Å². The number of anilines is 2. The van der Waals surface area contributed by atoms with Gasteiger partial charge >= 0.3 is 5.97 Å². The molecule has 0 aliphatic rings. The van der Waals surface area contributed by atoms with Gasteiger partial charge in [-0.1, -0.05) is 15.9 Å². The zero-order chi connectivity index (χ0) is 15.7. The van der Waals surface area contributed by atoms with E-state index in [9.17, 15) is 4.79 Å². The van der Waals surface area contributed by atoms with E-state index in [1.807, 2.05) is 18.2 Å². The summed E-state index contributed by atoms with van der Waals surface area (Å²) in [4.78, 5) is 26.5. The fourth-order valence-corrected chi connectivity index (χ4v) is 2.35. The van der Waals surface area contributed by atoms with Crippen LogP contribution in [0.2, 0.25) is 0 Å². The number of ether oxygens (including phenoxy) is 1. The van der Waals surface area contributed by atoms with Gasteiger partial charge in [0, 0.05) is 21.6 Å². The van der Waals surface area contributed by atoms with Crippen molar-refractivity contribution in [3.8, 4) is 0 Å². The Morgan fingerprint density at radius 1 is 1.23 bits per heavy atom.